The standard InChI is InChI=1S/C23H25ClN2O2/c24-20-8-6-18(7-9-20)23(28)26-12-11-19-13-17(5-10-21(19)26)15-25-22(27)14-16-3-1-2-4-16/h5-10,13,16H,1-4,11-12,14-15H2,(H,25,27). The van der Waals surface area contributed by atoms with E-state index in [4.69, 9.17) is 11.6 Å². The zero-order valence-electron chi connectivity index (χ0n) is 15.9. The first-order valence-corrected chi connectivity index (χ1v) is 10.4. The number of halogens is 1. The predicted octanol–water partition coefficient (Wildman–Crippen LogP) is 4.74. The second-order valence-corrected chi connectivity index (χ2v) is 8.24. The van der Waals surface area contributed by atoms with Crippen LogP contribution >= 0.6 is 11.6 Å². The summed E-state index contributed by atoms with van der Waals surface area (Å²) >= 11 is 5.92. The fraction of sp³-hybridized carbons (Fsp3) is 0.391. The van der Waals surface area contributed by atoms with E-state index in [1.807, 2.05) is 17.0 Å². The molecule has 2 aromatic rings. The molecular weight excluding hydrogens is 372 g/mol. The van der Waals surface area contributed by atoms with Crippen molar-refractivity contribution < 1.29 is 9.59 Å². The molecule has 4 rings (SSSR count). The average Bonchev–Trinajstić information content (AvgIpc) is 3.35. The van der Waals surface area contributed by atoms with Crippen molar-refractivity contribution in [3.63, 3.8) is 0 Å². The van der Waals surface area contributed by atoms with Crippen molar-refractivity contribution in [3.8, 4) is 0 Å². The van der Waals surface area contributed by atoms with Gasteiger partial charge in [0.1, 0.15) is 0 Å². The number of nitrogens with one attached hydrogen (secondary N) is 1. The van der Waals surface area contributed by atoms with Gasteiger partial charge in [0, 0.05) is 35.8 Å². The molecule has 1 fully saturated rings. The molecule has 0 aromatic heterocycles. The molecule has 1 heterocycles. The summed E-state index contributed by atoms with van der Waals surface area (Å²) in [5.74, 6) is 0.701. The minimum absolute atomic E-state index is 0.00645. The van der Waals surface area contributed by atoms with Crippen LogP contribution in [0.5, 0.6) is 0 Å². The summed E-state index contributed by atoms with van der Waals surface area (Å²) in [7, 11) is 0. The lowest BCUT2D eigenvalue weighted by atomic mass is 10.0. The van der Waals surface area contributed by atoms with Crippen LogP contribution < -0.4 is 10.2 Å². The average molecular weight is 397 g/mol. The summed E-state index contributed by atoms with van der Waals surface area (Å²) in [6.07, 6.45) is 6.36. The van der Waals surface area contributed by atoms with E-state index in [2.05, 4.69) is 11.4 Å². The Morgan fingerprint density at radius 2 is 1.82 bits per heavy atom. The molecule has 146 valence electrons. The zero-order chi connectivity index (χ0) is 19.5. The molecule has 1 aliphatic carbocycles. The number of hydrogen-bond acceptors (Lipinski definition) is 2. The number of carbonyl (C=O) groups excluding carboxylic acids is 2. The molecule has 0 atom stereocenters. The monoisotopic (exact) mass is 396 g/mol. The van der Waals surface area contributed by atoms with E-state index in [1.54, 1.807) is 24.3 Å². The lowest BCUT2D eigenvalue weighted by Gasteiger charge is -2.18. The molecule has 5 heteroatoms. The topological polar surface area (TPSA) is 49.4 Å². The Balaban J connectivity index is 1.38. The maximum atomic E-state index is 12.8. The molecule has 1 saturated carbocycles. The fourth-order valence-electron chi connectivity index (χ4n) is 4.27. The number of rotatable bonds is 5. The first kappa shape index (κ1) is 19.0. The Kier molecular flexibility index (Phi) is 5.67. The normalized spacial score (nSPS) is 16.2. The third-order valence-electron chi connectivity index (χ3n) is 5.81. The van der Waals surface area contributed by atoms with Gasteiger partial charge in [0.25, 0.3) is 5.91 Å². The van der Waals surface area contributed by atoms with Gasteiger partial charge in [-0.1, -0.05) is 36.6 Å². The molecule has 4 nitrogen and oxygen atoms in total. The highest BCUT2D eigenvalue weighted by molar-refractivity contribution is 6.30. The van der Waals surface area contributed by atoms with Gasteiger partial charge in [0.05, 0.1) is 0 Å². The molecule has 0 unspecified atom stereocenters. The van der Waals surface area contributed by atoms with E-state index in [-0.39, 0.29) is 11.8 Å². The summed E-state index contributed by atoms with van der Waals surface area (Å²) in [4.78, 5) is 26.8. The third-order valence-corrected chi connectivity index (χ3v) is 6.07. The van der Waals surface area contributed by atoms with Crippen molar-refractivity contribution in [2.75, 3.05) is 11.4 Å². The molecule has 1 N–H and O–H groups in total. The van der Waals surface area contributed by atoms with E-state index in [9.17, 15) is 9.59 Å². The van der Waals surface area contributed by atoms with Crippen LogP contribution in [0.1, 0.15) is 53.6 Å². The minimum Gasteiger partial charge on any atom is -0.352 e. The fourth-order valence-corrected chi connectivity index (χ4v) is 4.40. The first-order valence-electron chi connectivity index (χ1n) is 10.1. The van der Waals surface area contributed by atoms with Gasteiger partial charge in [0.2, 0.25) is 5.91 Å². The molecule has 2 aliphatic rings. The van der Waals surface area contributed by atoms with Gasteiger partial charge in [-0.2, -0.15) is 0 Å². The van der Waals surface area contributed by atoms with Gasteiger partial charge in [-0.05, 0) is 66.6 Å². The van der Waals surface area contributed by atoms with Gasteiger partial charge in [-0.15, -0.1) is 0 Å². The third kappa shape index (κ3) is 4.22. The summed E-state index contributed by atoms with van der Waals surface area (Å²) in [6.45, 7) is 1.22. The smallest absolute Gasteiger partial charge is 0.258 e. The number of anilines is 1. The van der Waals surface area contributed by atoms with Crippen LogP contribution in [0.15, 0.2) is 42.5 Å². The van der Waals surface area contributed by atoms with E-state index in [1.165, 1.54) is 25.7 Å². The summed E-state index contributed by atoms with van der Waals surface area (Å²) in [6, 6.07) is 13.1. The Bertz CT molecular complexity index is 873. The number of benzene rings is 2. The quantitative estimate of drug-likeness (QED) is 0.793. The Hall–Kier alpha value is -2.33. The van der Waals surface area contributed by atoms with Crippen LogP contribution in [0.25, 0.3) is 0 Å². The Labute approximate surface area is 170 Å². The van der Waals surface area contributed by atoms with Crippen molar-refractivity contribution in [2.24, 2.45) is 5.92 Å². The molecular formula is C23H25ClN2O2. The van der Waals surface area contributed by atoms with Crippen molar-refractivity contribution in [1.82, 2.24) is 5.32 Å². The van der Waals surface area contributed by atoms with Crippen molar-refractivity contribution >= 4 is 29.1 Å². The molecule has 0 radical (unpaired) electrons. The number of hydrogen-bond donors (Lipinski definition) is 1. The second kappa shape index (κ2) is 8.36. The number of nitrogens with zero attached hydrogens (tertiary/aromatic N) is 1. The van der Waals surface area contributed by atoms with E-state index >= 15 is 0 Å². The Morgan fingerprint density at radius 1 is 1.07 bits per heavy atom. The highest BCUT2D eigenvalue weighted by atomic mass is 35.5. The molecule has 2 amide bonds. The summed E-state index contributed by atoms with van der Waals surface area (Å²) in [5.41, 5.74) is 3.84. The number of carbonyl (C=O) groups is 2. The van der Waals surface area contributed by atoms with Gasteiger partial charge in [-0.25, -0.2) is 0 Å². The lowest BCUT2D eigenvalue weighted by Crippen LogP contribution is -2.28. The summed E-state index contributed by atoms with van der Waals surface area (Å²) < 4.78 is 0. The van der Waals surface area contributed by atoms with E-state index < -0.39 is 0 Å². The Morgan fingerprint density at radius 3 is 2.57 bits per heavy atom. The first-order chi connectivity index (χ1) is 13.6. The van der Waals surface area contributed by atoms with E-state index in [0.29, 0.717) is 36.0 Å². The largest absolute Gasteiger partial charge is 0.352 e. The maximum absolute atomic E-state index is 12.8. The van der Waals surface area contributed by atoms with Crippen LogP contribution in [0.4, 0.5) is 5.69 Å². The highest BCUT2D eigenvalue weighted by Crippen LogP contribution is 2.31. The van der Waals surface area contributed by atoms with Crippen LogP contribution in [-0.2, 0) is 17.8 Å². The predicted molar refractivity (Wildman–Crippen MR) is 112 cm³/mol. The number of amides is 2. The summed E-state index contributed by atoms with van der Waals surface area (Å²) in [5, 5.41) is 3.67. The molecule has 0 spiro atoms. The zero-order valence-corrected chi connectivity index (χ0v) is 16.7. The maximum Gasteiger partial charge on any atom is 0.258 e. The second-order valence-electron chi connectivity index (χ2n) is 7.81. The SMILES string of the molecule is O=C(CC1CCCC1)NCc1ccc2c(c1)CCN2C(=O)c1ccc(Cl)cc1. The minimum atomic E-state index is -0.00645. The lowest BCUT2D eigenvalue weighted by molar-refractivity contribution is -0.122. The van der Waals surface area contributed by atoms with Crippen LogP contribution in [-0.4, -0.2) is 18.4 Å². The van der Waals surface area contributed by atoms with Gasteiger partial charge in [0.15, 0.2) is 0 Å². The molecule has 2 aromatic carbocycles. The van der Waals surface area contributed by atoms with Gasteiger partial charge in [-0.3, -0.25) is 9.59 Å². The molecule has 28 heavy (non-hydrogen) atoms. The van der Waals surface area contributed by atoms with Crippen LogP contribution in [0.2, 0.25) is 5.02 Å². The molecule has 0 saturated heterocycles. The van der Waals surface area contributed by atoms with Crippen molar-refractivity contribution in [3.05, 3.63) is 64.2 Å². The van der Waals surface area contributed by atoms with Crippen molar-refractivity contribution in [1.29, 1.82) is 0 Å². The highest BCUT2D eigenvalue weighted by Gasteiger charge is 2.26. The molecule has 0 bridgehead atoms. The van der Waals surface area contributed by atoms with Crippen LogP contribution in [0, 0.1) is 5.92 Å². The van der Waals surface area contributed by atoms with Gasteiger partial charge >= 0.3 is 0 Å². The number of fused-ring (bicyclic) bond motifs is 1. The van der Waals surface area contributed by atoms with Crippen LogP contribution in [0.3, 0.4) is 0 Å². The van der Waals surface area contributed by atoms with Gasteiger partial charge < -0.3 is 10.2 Å². The van der Waals surface area contributed by atoms with E-state index in [0.717, 1.165) is 23.2 Å². The van der Waals surface area contributed by atoms with Crippen molar-refractivity contribution in [2.45, 2.75) is 45.1 Å². The molecule has 1 aliphatic heterocycles.